The molecule has 0 amide bonds. The first kappa shape index (κ1) is 40.5. The molecule has 326 valence electrons. The number of fused-ring (bicyclic) bond motifs is 7. The van der Waals surface area contributed by atoms with Crippen LogP contribution >= 0.6 is 0 Å². The molecule has 0 saturated carbocycles. The zero-order valence-corrected chi connectivity index (χ0v) is 38.6. The predicted octanol–water partition coefficient (Wildman–Crippen LogP) is 18.4. The minimum absolute atomic E-state index is 0.128. The van der Waals surface area contributed by atoms with Crippen molar-refractivity contribution in [3.05, 3.63) is 266 Å². The third-order valence-electron chi connectivity index (χ3n) is 14.6. The van der Waals surface area contributed by atoms with Crippen LogP contribution in [0.2, 0.25) is 0 Å². The average Bonchev–Trinajstić information content (AvgIpc) is 3.87. The van der Waals surface area contributed by atoms with Crippen LogP contribution in [0.5, 0.6) is 0 Å². The number of benzene rings is 11. The van der Waals surface area contributed by atoms with E-state index in [2.05, 4.69) is 278 Å². The van der Waals surface area contributed by atoms with Crippen molar-refractivity contribution in [1.29, 1.82) is 0 Å². The maximum absolute atomic E-state index is 2.52. The molecule has 0 fully saturated rings. The first-order valence-electron chi connectivity index (χ1n) is 24.0. The molecular formula is C67H48N2. The summed E-state index contributed by atoms with van der Waals surface area (Å²) >= 11 is 0. The minimum atomic E-state index is -0.128. The van der Waals surface area contributed by atoms with Crippen molar-refractivity contribution in [3.63, 3.8) is 0 Å². The van der Waals surface area contributed by atoms with Gasteiger partial charge in [0.15, 0.2) is 0 Å². The molecule has 1 aromatic heterocycles. The molecule has 1 aliphatic carbocycles. The number of hydrogen-bond acceptors (Lipinski definition) is 1. The van der Waals surface area contributed by atoms with Crippen molar-refractivity contribution >= 4 is 49.6 Å². The van der Waals surface area contributed by atoms with Gasteiger partial charge in [0.05, 0.1) is 22.4 Å². The molecule has 0 bridgehead atoms. The molecule has 12 aromatic rings. The van der Waals surface area contributed by atoms with Gasteiger partial charge in [-0.2, -0.15) is 0 Å². The molecule has 0 aliphatic heterocycles. The Balaban J connectivity index is 1.05. The second kappa shape index (κ2) is 16.3. The van der Waals surface area contributed by atoms with Gasteiger partial charge in [-0.05, 0) is 121 Å². The molecule has 2 nitrogen and oxygen atoms in total. The Morgan fingerprint density at radius 2 is 0.884 bits per heavy atom. The Morgan fingerprint density at radius 1 is 0.348 bits per heavy atom. The lowest BCUT2D eigenvalue weighted by Gasteiger charge is -2.31. The molecule has 0 saturated heterocycles. The largest absolute Gasteiger partial charge is 0.309 e. The Labute approximate surface area is 403 Å². The lowest BCUT2D eigenvalue weighted by atomic mass is 9.82. The Morgan fingerprint density at radius 3 is 1.67 bits per heavy atom. The van der Waals surface area contributed by atoms with Gasteiger partial charge in [-0.25, -0.2) is 0 Å². The predicted molar refractivity (Wildman–Crippen MR) is 292 cm³/mol. The van der Waals surface area contributed by atoms with Crippen molar-refractivity contribution in [2.75, 3.05) is 4.90 Å². The summed E-state index contributed by atoms with van der Waals surface area (Å²) < 4.78 is 2.39. The standard InChI is InChI=1S/C67H48N2/c1-67(2)59-36-13-9-32-57(59)66-56(35-20-37-60(66)67)53-30-11-15-39-62(53)69(61-38-14-10-29-52(61)55-34-19-24-46-23-18-33-51(65(46)55)45-21-5-3-6-22-45)50-28-17-25-47(43-50)48-41-42-64-58(44-48)54-31-12-16-40-63(54)68(64)49-26-7-4-8-27-49/h3-44H,1-2H3. The number of rotatable bonds is 8. The van der Waals surface area contributed by atoms with E-state index in [9.17, 15) is 0 Å². The fourth-order valence-electron chi connectivity index (χ4n) is 11.4. The van der Waals surface area contributed by atoms with Gasteiger partial charge in [0.1, 0.15) is 0 Å². The van der Waals surface area contributed by atoms with Gasteiger partial charge in [-0.1, -0.05) is 214 Å². The van der Waals surface area contributed by atoms with Crippen molar-refractivity contribution in [3.8, 4) is 61.3 Å². The topological polar surface area (TPSA) is 8.17 Å². The molecule has 69 heavy (non-hydrogen) atoms. The van der Waals surface area contributed by atoms with Crippen molar-refractivity contribution in [2.45, 2.75) is 19.3 Å². The van der Waals surface area contributed by atoms with E-state index in [0.717, 1.165) is 33.9 Å². The SMILES string of the molecule is CC1(C)c2ccccc2-c2c(-c3ccccc3N(c3cccc(-c4ccc5c(c4)c4ccccc4n5-c4ccccc4)c3)c3ccccc3-c3cccc4cccc(-c5ccccc5)c34)cccc21. The molecule has 13 rings (SSSR count). The van der Waals surface area contributed by atoms with Gasteiger partial charge < -0.3 is 9.47 Å². The summed E-state index contributed by atoms with van der Waals surface area (Å²) in [7, 11) is 0. The number of hydrogen-bond donors (Lipinski definition) is 0. The molecule has 0 spiro atoms. The van der Waals surface area contributed by atoms with Crippen LogP contribution in [0.4, 0.5) is 17.1 Å². The van der Waals surface area contributed by atoms with E-state index in [1.165, 1.54) is 88.2 Å². The minimum Gasteiger partial charge on any atom is -0.309 e. The maximum Gasteiger partial charge on any atom is 0.0541 e. The van der Waals surface area contributed by atoms with Crippen LogP contribution < -0.4 is 4.90 Å². The molecule has 1 heterocycles. The second-order valence-electron chi connectivity index (χ2n) is 18.8. The van der Waals surface area contributed by atoms with Crippen LogP contribution in [0, 0.1) is 0 Å². The second-order valence-corrected chi connectivity index (χ2v) is 18.8. The highest BCUT2D eigenvalue weighted by Crippen LogP contribution is 2.54. The summed E-state index contributed by atoms with van der Waals surface area (Å²) in [4.78, 5) is 2.52. The summed E-state index contributed by atoms with van der Waals surface area (Å²) in [5, 5.41) is 4.92. The van der Waals surface area contributed by atoms with E-state index in [0.29, 0.717) is 0 Å². The highest BCUT2D eigenvalue weighted by Gasteiger charge is 2.37. The van der Waals surface area contributed by atoms with Crippen molar-refractivity contribution in [1.82, 2.24) is 4.57 Å². The number of anilines is 3. The number of aromatic nitrogens is 1. The van der Waals surface area contributed by atoms with Gasteiger partial charge in [0, 0.05) is 38.7 Å². The summed E-state index contributed by atoms with van der Waals surface area (Å²) in [6, 6.07) is 93.8. The highest BCUT2D eigenvalue weighted by atomic mass is 15.1. The Hall–Kier alpha value is -8.72. The molecule has 0 unspecified atom stereocenters. The smallest absolute Gasteiger partial charge is 0.0541 e. The zero-order valence-electron chi connectivity index (χ0n) is 38.6. The van der Waals surface area contributed by atoms with E-state index in [-0.39, 0.29) is 5.41 Å². The normalized spacial score (nSPS) is 12.6. The molecular weight excluding hydrogens is 833 g/mol. The summed E-state index contributed by atoms with van der Waals surface area (Å²) in [5.74, 6) is 0. The third kappa shape index (κ3) is 6.55. The van der Waals surface area contributed by atoms with Gasteiger partial charge in [0.25, 0.3) is 0 Å². The Kier molecular flexibility index (Phi) is 9.55. The monoisotopic (exact) mass is 880 g/mol. The fraction of sp³-hybridized carbons (Fsp3) is 0.0448. The Bertz CT molecular complexity index is 3930. The third-order valence-corrected chi connectivity index (χ3v) is 14.6. The molecule has 0 N–H and O–H groups in total. The van der Waals surface area contributed by atoms with E-state index < -0.39 is 0 Å². The van der Waals surface area contributed by atoms with Crippen LogP contribution in [0.1, 0.15) is 25.0 Å². The van der Waals surface area contributed by atoms with Gasteiger partial charge >= 0.3 is 0 Å². The summed E-state index contributed by atoms with van der Waals surface area (Å²) in [5.41, 5.74) is 21.6. The average molecular weight is 881 g/mol. The maximum atomic E-state index is 2.52. The van der Waals surface area contributed by atoms with Crippen molar-refractivity contribution < 1.29 is 0 Å². The molecule has 0 radical (unpaired) electrons. The van der Waals surface area contributed by atoms with Crippen LogP contribution in [0.25, 0.3) is 93.9 Å². The molecule has 1 aliphatic rings. The molecule has 0 atom stereocenters. The van der Waals surface area contributed by atoms with Gasteiger partial charge in [0.2, 0.25) is 0 Å². The van der Waals surface area contributed by atoms with Crippen molar-refractivity contribution in [2.24, 2.45) is 0 Å². The van der Waals surface area contributed by atoms with Crippen LogP contribution in [-0.4, -0.2) is 4.57 Å². The lowest BCUT2D eigenvalue weighted by Crippen LogP contribution is -2.15. The van der Waals surface area contributed by atoms with Crippen LogP contribution in [0.15, 0.2) is 255 Å². The summed E-state index contributed by atoms with van der Waals surface area (Å²) in [6.07, 6.45) is 0. The van der Waals surface area contributed by atoms with E-state index >= 15 is 0 Å². The van der Waals surface area contributed by atoms with Crippen LogP contribution in [0.3, 0.4) is 0 Å². The van der Waals surface area contributed by atoms with E-state index in [1.54, 1.807) is 0 Å². The zero-order chi connectivity index (χ0) is 46.1. The molecule has 2 heteroatoms. The summed E-state index contributed by atoms with van der Waals surface area (Å²) in [6.45, 7) is 4.73. The van der Waals surface area contributed by atoms with Gasteiger partial charge in [-0.3, -0.25) is 0 Å². The number of para-hydroxylation sites is 4. The van der Waals surface area contributed by atoms with E-state index in [4.69, 9.17) is 0 Å². The number of nitrogens with zero attached hydrogens (tertiary/aromatic N) is 2. The fourth-order valence-corrected chi connectivity index (χ4v) is 11.4. The van der Waals surface area contributed by atoms with E-state index in [1.807, 2.05) is 0 Å². The highest BCUT2D eigenvalue weighted by molar-refractivity contribution is 6.12. The molecule has 11 aromatic carbocycles. The van der Waals surface area contributed by atoms with Crippen LogP contribution in [-0.2, 0) is 5.41 Å². The lowest BCUT2D eigenvalue weighted by molar-refractivity contribution is 0.660. The first-order valence-corrected chi connectivity index (χ1v) is 24.0. The first-order chi connectivity index (χ1) is 34.0. The van der Waals surface area contributed by atoms with Gasteiger partial charge in [-0.15, -0.1) is 0 Å². The quantitative estimate of drug-likeness (QED) is 0.148.